The zero-order valence-corrected chi connectivity index (χ0v) is 15.0. The Kier molecular flexibility index (Phi) is 6.00. The molecule has 0 aliphatic rings. The van der Waals surface area contributed by atoms with Crippen LogP contribution in [0.3, 0.4) is 0 Å². The van der Waals surface area contributed by atoms with E-state index >= 15 is 0 Å². The number of rotatable bonds is 6. The summed E-state index contributed by atoms with van der Waals surface area (Å²) in [5.41, 5.74) is 3.27. The first kappa shape index (κ1) is 17.7. The molecular weight excluding hydrogens is 318 g/mol. The summed E-state index contributed by atoms with van der Waals surface area (Å²) in [6.07, 6.45) is 3.54. The van der Waals surface area contributed by atoms with E-state index in [0.29, 0.717) is 6.54 Å². The Hall–Kier alpha value is -3.13. The van der Waals surface area contributed by atoms with Crippen molar-refractivity contribution in [3.8, 4) is 0 Å². The van der Waals surface area contributed by atoms with Gasteiger partial charge in [0.05, 0.1) is 6.04 Å². The fourth-order valence-corrected chi connectivity index (χ4v) is 2.92. The van der Waals surface area contributed by atoms with Gasteiger partial charge in [0.25, 0.3) is 0 Å². The Morgan fingerprint density at radius 3 is 2.00 bits per heavy atom. The molecule has 0 saturated heterocycles. The van der Waals surface area contributed by atoms with Crippen molar-refractivity contribution in [1.82, 2.24) is 4.90 Å². The Morgan fingerprint density at radius 1 is 0.846 bits per heavy atom. The lowest BCUT2D eigenvalue weighted by atomic mass is 10.1. The molecule has 0 aliphatic carbocycles. The molecule has 1 amide bonds. The fourth-order valence-electron chi connectivity index (χ4n) is 2.92. The topological polar surface area (TPSA) is 20.3 Å². The standard InChI is InChI=1S/C24H23NO/c1-20(23-15-9-4-10-16-23)25(19-22-13-7-3-8-14-22)24(26)18-17-21-11-5-2-6-12-21/h2-18,20H,19H2,1H3/b18-17+/t20-/m0/s1. The van der Waals surface area contributed by atoms with Gasteiger partial charge in [-0.15, -0.1) is 0 Å². The first-order valence-corrected chi connectivity index (χ1v) is 8.86. The van der Waals surface area contributed by atoms with Gasteiger partial charge in [-0.3, -0.25) is 4.79 Å². The van der Waals surface area contributed by atoms with E-state index in [1.54, 1.807) is 6.08 Å². The minimum absolute atomic E-state index is 0.00839. The highest BCUT2D eigenvalue weighted by atomic mass is 16.2. The van der Waals surface area contributed by atoms with Crippen molar-refractivity contribution in [3.05, 3.63) is 114 Å². The lowest BCUT2D eigenvalue weighted by Gasteiger charge is -2.29. The maximum Gasteiger partial charge on any atom is 0.247 e. The molecule has 0 saturated carbocycles. The number of nitrogens with zero attached hydrogens (tertiary/aromatic N) is 1. The van der Waals surface area contributed by atoms with Crippen LogP contribution in [0.2, 0.25) is 0 Å². The van der Waals surface area contributed by atoms with Crippen molar-refractivity contribution >= 4 is 12.0 Å². The molecule has 1 atom stereocenters. The summed E-state index contributed by atoms with van der Waals surface area (Å²) >= 11 is 0. The van der Waals surface area contributed by atoms with Crippen LogP contribution in [-0.2, 0) is 11.3 Å². The quantitative estimate of drug-likeness (QED) is 0.543. The number of amides is 1. The van der Waals surface area contributed by atoms with E-state index in [0.717, 1.165) is 16.7 Å². The molecule has 0 spiro atoms. The normalized spacial score (nSPS) is 12.0. The van der Waals surface area contributed by atoms with Gasteiger partial charge < -0.3 is 4.90 Å². The van der Waals surface area contributed by atoms with Crippen LogP contribution >= 0.6 is 0 Å². The molecule has 0 N–H and O–H groups in total. The molecule has 3 aromatic rings. The second-order valence-electron chi connectivity index (χ2n) is 6.28. The molecule has 3 rings (SSSR count). The number of hydrogen-bond donors (Lipinski definition) is 0. The molecule has 26 heavy (non-hydrogen) atoms. The predicted octanol–water partition coefficient (Wildman–Crippen LogP) is 5.49. The third-order valence-corrected chi connectivity index (χ3v) is 4.45. The van der Waals surface area contributed by atoms with Crippen LogP contribution in [0.5, 0.6) is 0 Å². The monoisotopic (exact) mass is 341 g/mol. The Bertz CT molecular complexity index is 841. The maximum absolute atomic E-state index is 13.0. The van der Waals surface area contributed by atoms with Gasteiger partial charge in [0.2, 0.25) is 5.91 Å². The lowest BCUT2D eigenvalue weighted by Crippen LogP contribution is -2.31. The van der Waals surface area contributed by atoms with Crippen LogP contribution in [-0.4, -0.2) is 10.8 Å². The van der Waals surface area contributed by atoms with Gasteiger partial charge in [0, 0.05) is 12.6 Å². The molecular formula is C24H23NO. The van der Waals surface area contributed by atoms with Crippen molar-refractivity contribution < 1.29 is 4.79 Å². The minimum atomic E-state index is -0.00988. The Morgan fingerprint density at radius 2 is 1.38 bits per heavy atom. The molecule has 0 aliphatic heterocycles. The van der Waals surface area contributed by atoms with Gasteiger partial charge in [-0.05, 0) is 29.7 Å². The van der Waals surface area contributed by atoms with Gasteiger partial charge in [-0.25, -0.2) is 0 Å². The van der Waals surface area contributed by atoms with E-state index in [9.17, 15) is 4.79 Å². The largest absolute Gasteiger partial charge is 0.328 e. The number of hydrogen-bond acceptors (Lipinski definition) is 1. The van der Waals surface area contributed by atoms with Gasteiger partial charge in [-0.1, -0.05) is 91.0 Å². The van der Waals surface area contributed by atoms with Crippen molar-refractivity contribution in [2.24, 2.45) is 0 Å². The molecule has 130 valence electrons. The SMILES string of the molecule is C[C@@H](c1ccccc1)N(Cc1ccccc1)C(=O)/C=C/c1ccccc1. The molecule has 0 aromatic heterocycles. The Labute approximate surface area is 155 Å². The highest BCUT2D eigenvalue weighted by Gasteiger charge is 2.19. The maximum atomic E-state index is 13.0. The van der Waals surface area contributed by atoms with E-state index in [2.05, 4.69) is 31.2 Å². The number of carbonyl (C=O) groups is 1. The molecule has 0 fully saturated rings. The predicted molar refractivity (Wildman–Crippen MR) is 107 cm³/mol. The Balaban J connectivity index is 1.84. The second kappa shape index (κ2) is 8.82. The van der Waals surface area contributed by atoms with E-state index in [1.165, 1.54) is 0 Å². The second-order valence-corrected chi connectivity index (χ2v) is 6.28. The highest BCUT2D eigenvalue weighted by molar-refractivity contribution is 5.92. The first-order valence-electron chi connectivity index (χ1n) is 8.86. The van der Waals surface area contributed by atoms with Gasteiger partial charge in [-0.2, -0.15) is 0 Å². The summed E-state index contributed by atoms with van der Waals surface area (Å²) in [5, 5.41) is 0. The van der Waals surface area contributed by atoms with E-state index < -0.39 is 0 Å². The van der Waals surface area contributed by atoms with Crippen molar-refractivity contribution in [3.63, 3.8) is 0 Å². The third-order valence-electron chi connectivity index (χ3n) is 4.45. The number of carbonyl (C=O) groups excluding carboxylic acids is 1. The third kappa shape index (κ3) is 4.70. The van der Waals surface area contributed by atoms with E-state index in [4.69, 9.17) is 0 Å². The molecule has 0 heterocycles. The van der Waals surface area contributed by atoms with Crippen LogP contribution in [0.1, 0.15) is 29.7 Å². The van der Waals surface area contributed by atoms with Gasteiger partial charge in [0.15, 0.2) is 0 Å². The van der Waals surface area contributed by atoms with Crippen LogP contribution in [0.4, 0.5) is 0 Å². The van der Waals surface area contributed by atoms with Gasteiger partial charge in [0.1, 0.15) is 0 Å². The molecule has 0 radical (unpaired) electrons. The molecule has 3 aromatic carbocycles. The molecule has 0 bridgehead atoms. The van der Waals surface area contributed by atoms with Crippen LogP contribution in [0, 0.1) is 0 Å². The summed E-state index contributed by atoms with van der Waals surface area (Å²) in [7, 11) is 0. The zero-order valence-electron chi connectivity index (χ0n) is 15.0. The van der Waals surface area contributed by atoms with E-state index in [-0.39, 0.29) is 11.9 Å². The molecule has 2 heteroatoms. The average molecular weight is 341 g/mol. The van der Waals surface area contributed by atoms with Crippen LogP contribution in [0.15, 0.2) is 97.1 Å². The summed E-state index contributed by atoms with van der Waals surface area (Å²) in [6.45, 7) is 2.65. The average Bonchev–Trinajstić information content (AvgIpc) is 2.72. The van der Waals surface area contributed by atoms with E-state index in [1.807, 2.05) is 77.7 Å². The zero-order chi connectivity index (χ0) is 18.2. The first-order chi connectivity index (χ1) is 12.7. The summed E-state index contributed by atoms with van der Waals surface area (Å²) in [5.74, 6) is 0.00839. The minimum Gasteiger partial charge on any atom is -0.328 e. The van der Waals surface area contributed by atoms with Crippen molar-refractivity contribution in [1.29, 1.82) is 0 Å². The summed E-state index contributed by atoms with van der Waals surface area (Å²) < 4.78 is 0. The molecule has 0 unspecified atom stereocenters. The summed E-state index contributed by atoms with van der Waals surface area (Å²) in [4.78, 5) is 14.9. The smallest absolute Gasteiger partial charge is 0.247 e. The summed E-state index contributed by atoms with van der Waals surface area (Å²) in [6, 6.07) is 30.1. The fraction of sp³-hybridized carbons (Fsp3) is 0.125. The van der Waals surface area contributed by atoms with Crippen LogP contribution < -0.4 is 0 Å². The highest BCUT2D eigenvalue weighted by Crippen LogP contribution is 2.23. The van der Waals surface area contributed by atoms with Crippen molar-refractivity contribution in [2.45, 2.75) is 19.5 Å². The number of benzene rings is 3. The van der Waals surface area contributed by atoms with Crippen LogP contribution in [0.25, 0.3) is 6.08 Å². The van der Waals surface area contributed by atoms with Crippen molar-refractivity contribution in [2.75, 3.05) is 0 Å². The molecule has 2 nitrogen and oxygen atoms in total. The van der Waals surface area contributed by atoms with Gasteiger partial charge >= 0.3 is 0 Å². The lowest BCUT2D eigenvalue weighted by molar-refractivity contribution is -0.128.